The van der Waals surface area contributed by atoms with E-state index in [0.717, 1.165) is 0 Å². The molecule has 0 fully saturated rings. The number of para-hydroxylation sites is 1. The van der Waals surface area contributed by atoms with E-state index in [0.29, 0.717) is 33.4 Å². The Balaban J connectivity index is 1.70. The summed E-state index contributed by atoms with van der Waals surface area (Å²) in [7, 11) is 1.65. The summed E-state index contributed by atoms with van der Waals surface area (Å²) in [4.78, 5) is 24.9. The Labute approximate surface area is 157 Å². The van der Waals surface area contributed by atoms with Crippen molar-refractivity contribution in [2.75, 3.05) is 5.32 Å². The molecule has 10 heteroatoms. The summed E-state index contributed by atoms with van der Waals surface area (Å²) in [6, 6.07) is 8.89. The molecule has 0 radical (unpaired) electrons. The highest BCUT2D eigenvalue weighted by Crippen LogP contribution is 2.25. The van der Waals surface area contributed by atoms with Crippen molar-refractivity contribution in [3.05, 3.63) is 46.4 Å². The molecule has 3 heterocycles. The van der Waals surface area contributed by atoms with Gasteiger partial charge >= 0.3 is 0 Å². The van der Waals surface area contributed by atoms with Crippen molar-refractivity contribution in [1.82, 2.24) is 24.3 Å². The van der Waals surface area contributed by atoms with E-state index < -0.39 is 5.25 Å². The number of hydrogen-bond acceptors (Lipinski definition) is 7. The highest BCUT2D eigenvalue weighted by Gasteiger charge is 2.21. The van der Waals surface area contributed by atoms with Crippen LogP contribution in [0.1, 0.15) is 12.7 Å². The van der Waals surface area contributed by atoms with Crippen molar-refractivity contribution >= 4 is 40.2 Å². The Bertz CT molecular complexity index is 1220. The summed E-state index contributed by atoms with van der Waals surface area (Å²) in [5, 5.41) is 15.4. The second-order valence-electron chi connectivity index (χ2n) is 6.07. The molecule has 1 amide bonds. The molecule has 1 unspecified atom stereocenters. The van der Waals surface area contributed by atoms with Gasteiger partial charge < -0.3 is 9.84 Å². The second kappa shape index (κ2) is 6.54. The summed E-state index contributed by atoms with van der Waals surface area (Å²) < 4.78 is 8.18. The van der Waals surface area contributed by atoms with Gasteiger partial charge in [-0.2, -0.15) is 0 Å². The lowest BCUT2D eigenvalue weighted by Crippen LogP contribution is -2.23. The number of nitrogens with zero attached hydrogens (tertiary/aromatic N) is 5. The van der Waals surface area contributed by atoms with Crippen molar-refractivity contribution < 1.29 is 9.32 Å². The lowest BCUT2D eigenvalue weighted by Gasteiger charge is -2.11. The van der Waals surface area contributed by atoms with Crippen LogP contribution in [-0.4, -0.2) is 35.5 Å². The van der Waals surface area contributed by atoms with Gasteiger partial charge in [0.2, 0.25) is 11.7 Å². The second-order valence-corrected chi connectivity index (χ2v) is 7.38. The molecule has 1 atom stereocenters. The van der Waals surface area contributed by atoms with E-state index in [1.165, 1.54) is 16.3 Å². The minimum Gasteiger partial charge on any atom is -0.360 e. The van der Waals surface area contributed by atoms with Crippen molar-refractivity contribution in [1.29, 1.82) is 0 Å². The number of amides is 1. The molecular formula is C17H16N6O3S. The summed E-state index contributed by atoms with van der Waals surface area (Å²) in [5.41, 5.74) is 0.553. The third-order valence-electron chi connectivity index (χ3n) is 4.13. The Morgan fingerprint density at radius 3 is 2.81 bits per heavy atom. The number of thioether (sulfide) groups is 1. The molecule has 4 aromatic rings. The first kappa shape index (κ1) is 17.3. The molecule has 0 aliphatic heterocycles. The molecule has 1 aromatic carbocycles. The molecule has 0 aliphatic rings. The Morgan fingerprint density at radius 2 is 2.07 bits per heavy atom. The van der Waals surface area contributed by atoms with Gasteiger partial charge in [-0.05, 0) is 26.0 Å². The zero-order valence-corrected chi connectivity index (χ0v) is 15.6. The average Bonchev–Trinajstić information content (AvgIpc) is 3.26. The molecule has 27 heavy (non-hydrogen) atoms. The Morgan fingerprint density at radius 1 is 1.30 bits per heavy atom. The van der Waals surface area contributed by atoms with Crippen molar-refractivity contribution in [3.8, 4) is 0 Å². The molecule has 4 rings (SSSR count). The maximum Gasteiger partial charge on any atom is 0.262 e. The number of carbonyl (C=O) groups is 1. The molecule has 3 aromatic heterocycles. The van der Waals surface area contributed by atoms with Crippen LogP contribution < -0.4 is 10.9 Å². The maximum atomic E-state index is 12.5. The number of rotatable bonds is 4. The number of carbonyl (C=O) groups excluding carboxylic acids is 1. The molecule has 9 nitrogen and oxygen atoms in total. The summed E-state index contributed by atoms with van der Waals surface area (Å²) >= 11 is 1.25. The van der Waals surface area contributed by atoms with E-state index in [1.54, 1.807) is 37.4 Å². The fraction of sp³-hybridized carbons (Fsp3) is 0.235. The SMILES string of the molecule is Cc1cc(NC(=O)C(C)Sc2nnc3n(C)c(=O)c4ccccc4n23)no1. The first-order valence-electron chi connectivity index (χ1n) is 8.19. The zero-order chi connectivity index (χ0) is 19.1. The molecule has 1 N–H and O–H groups in total. The summed E-state index contributed by atoms with van der Waals surface area (Å²) in [5.74, 6) is 1.16. The zero-order valence-electron chi connectivity index (χ0n) is 14.8. The highest BCUT2D eigenvalue weighted by molar-refractivity contribution is 8.00. The average molecular weight is 384 g/mol. The largest absolute Gasteiger partial charge is 0.360 e. The predicted molar refractivity (Wildman–Crippen MR) is 101 cm³/mol. The van der Waals surface area contributed by atoms with Crippen molar-refractivity contribution in [3.63, 3.8) is 0 Å². The monoisotopic (exact) mass is 384 g/mol. The lowest BCUT2D eigenvalue weighted by molar-refractivity contribution is -0.115. The molecule has 0 spiro atoms. The van der Waals surface area contributed by atoms with Gasteiger partial charge in [0.1, 0.15) is 5.76 Å². The molecule has 138 valence electrons. The van der Waals surface area contributed by atoms with Crippen molar-refractivity contribution in [2.45, 2.75) is 24.3 Å². The van der Waals surface area contributed by atoms with E-state index in [-0.39, 0.29) is 11.5 Å². The van der Waals surface area contributed by atoms with Crippen LogP contribution in [0.3, 0.4) is 0 Å². The third-order valence-corrected chi connectivity index (χ3v) is 5.17. The van der Waals surface area contributed by atoms with Gasteiger partial charge in [0.25, 0.3) is 5.56 Å². The molecule has 0 saturated carbocycles. The highest BCUT2D eigenvalue weighted by atomic mass is 32.2. The van der Waals surface area contributed by atoms with Crippen LogP contribution in [0.4, 0.5) is 5.82 Å². The minimum atomic E-state index is -0.467. The number of fused-ring (bicyclic) bond motifs is 3. The number of nitrogens with one attached hydrogen (secondary N) is 1. The van der Waals surface area contributed by atoms with E-state index in [2.05, 4.69) is 20.7 Å². The number of aryl methyl sites for hydroxylation is 2. The first-order valence-corrected chi connectivity index (χ1v) is 9.07. The molecule has 0 saturated heterocycles. The van der Waals surface area contributed by atoms with E-state index in [4.69, 9.17) is 4.52 Å². The third kappa shape index (κ3) is 2.97. The van der Waals surface area contributed by atoms with Crippen molar-refractivity contribution in [2.24, 2.45) is 7.05 Å². The van der Waals surface area contributed by atoms with Crippen LogP contribution in [0.15, 0.2) is 44.8 Å². The van der Waals surface area contributed by atoms with E-state index in [9.17, 15) is 9.59 Å². The lowest BCUT2D eigenvalue weighted by atomic mass is 10.2. The van der Waals surface area contributed by atoms with Gasteiger partial charge in [-0.1, -0.05) is 29.1 Å². The first-order chi connectivity index (χ1) is 13.0. The fourth-order valence-corrected chi connectivity index (χ4v) is 3.61. The summed E-state index contributed by atoms with van der Waals surface area (Å²) in [6.45, 7) is 3.51. The van der Waals surface area contributed by atoms with E-state index in [1.807, 2.05) is 18.2 Å². The standard InChI is InChI=1S/C17H16N6O3S/c1-9-8-13(21-26-9)18-14(24)10(2)27-17-20-19-16-22(3)15(25)11-6-4-5-7-12(11)23(16)17/h4-8,10H,1-3H3,(H,18,21,24). The smallest absolute Gasteiger partial charge is 0.262 e. The van der Waals surface area contributed by atoms with Crippen LogP contribution in [-0.2, 0) is 11.8 Å². The molecular weight excluding hydrogens is 368 g/mol. The van der Waals surface area contributed by atoms with Crippen LogP contribution in [0.2, 0.25) is 0 Å². The van der Waals surface area contributed by atoms with E-state index >= 15 is 0 Å². The van der Waals surface area contributed by atoms with Crippen LogP contribution in [0.5, 0.6) is 0 Å². The minimum absolute atomic E-state index is 0.144. The molecule has 0 bridgehead atoms. The van der Waals surface area contributed by atoms with Gasteiger partial charge in [-0.15, -0.1) is 10.2 Å². The molecule has 0 aliphatic carbocycles. The van der Waals surface area contributed by atoms with Crippen LogP contribution >= 0.6 is 11.8 Å². The number of hydrogen-bond donors (Lipinski definition) is 1. The normalized spacial score (nSPS) is 12.6. The Kier molecular flexibility index (Phi) is 4.19. The predicted octanol–water partition coefficient (Wildman–Crippen LogP) is 2.00. The number of aromatic nitrogens is 5. The topological polar surface area (TPSA) is 107 Å². The number of benzene rings is 1. The van der Waals surface area contributed by atoms with Gasteiger partial charge in [0.05, 0.1) is 16.2 Å². The maximum absolute atomic E-state index is 12.5. The van der Waals surface area contributed by atoms with Gasteiger partial charge in [-0.25, -0.2) is 0 Å². The van der Waals surface area contributed by atoms with Crippen LogP contribution in [0.25, 0.3) is 16.7 Å². The van der Waals surface area contributed by atoms with Gasteiger partial charge in [-0.3, -0.25) is 18.6 Å². The fourth-order valence-electron chi connectivity index (χ4n) is 2.75. The van der Waals surface area contributed by atoms with Crippen LogP contribution in [0, 0.1) is 6.92 Å². The quantitative estimate of drug-likeness (QED) is 0.536. The van der Waals surface area contributed by atoms with Gasteiger partial charge in [0, 0.05) is 13.1 Å². The number of anilines is 1. The summed E-state index contributed by atoms with van der Waals surface area (Å²) in [6.07, 6.45) is 0. The van der Waals surface area contributed by atoms with Gasteiger partial charge in [0.15, 0.2) is 11.0 Å². The Hall–Kier alpha value is -3.14.